The quantitative estimate of drug-likeness (QED) is 0.704. The molecule has 0 bridgehead atoms. The second-order valence-corrected chi connectivity index (χ2v) is 5.49. The monoisotopic (exact) mass is 225 g/mol. The predicted molar refractivity (Wildman–Crippen MR) is 62.8 cm³/mol. The topological polar surface area (TPSA) is 52.3 Å². The van der Waals surface area contributed by atoms with Gasteiger partial charge in [0, 0.05) is 0 Å². The Bertz CT molecular complexity index is 247. The fourth-order valence-corrected chi connectivity index (χ4v) is 2.13. The summed E-state index contributed by atoms with van der Waals surface area (Å²) in [5.74, 6) is 1.31. The summed E-state index contributed by atoms with van der Waals surface area (Å²) >= 11 is 0. The first-order chi connectivity index (χ1) is 7.63. The Hall–Kier alpha value is -0.570. The third kappa shape index (κ3) is 2.76. The third-order valence-corrected chi connectivity index (χ3v) is 3.95. The highest BCUT2D eigenvalue weighted by Gasteiger charge is 2.44. The van der Waals surface area contributed by atoms with Crippen molar-refractivity contribution in [2.45, 2.75) is 58.1 Å². The van der Waals surface area contributed by atoms with Crippen LogP contribution in [0.4, 0.5) is 0 Å². The minimum absolute atomic E-state index is 0.182. The number of ether oxygens (including phenoxy) is 1. The molecule has 16 heavy (non-hydrogen) atoms. The first-order valence-corrected chi connectivity index (χ1v) is 6.59. The van der Waals surface area contributed by atoms with Crippen LogP contribution in [0.5, 0.6) is 0 Å². The van der Waals surface area contributed by atoms with Crippen molar-refractivity contribution in [2.75, 3.05) is 0 Å². The maximum atomic E-state index is 11.9. The smallest absolute Gasteiger partial charge is 0.323 e. The molecule has 0 saturated heterocycles. The Labute approximate surface area is 97.7 Å². The Balaban J connectivity index is 1.84. The number of carbonyl (C=O) groups is 1. The first-order valence-electron chi connectivity index (χ1n) is 6.59. The van der Waals surface area contributed by atoms with Crippen LogP contribution in [0.1, 0.15) is 46.0 Å². The SMILES string of the molecule is CC[C@H](C)[C@H](N)C(=O)OC(C1CC1)C1CC1. The van der Waals surface area contributed by atoms with Gasteiger partial charge in [-0.05, 0) is 43.4 Å². The molecule has 2 aliphatic carbocycles. The molecule has 0 spiro atoms. The van der Waals surface area contributed by atoms with Crippen molar-refractivity contribution in [3.63, 3.8) is 0 Å². The van der Waals surface area contributed by atoms with E-state index in [0.29, 0.717) is 11.8 Å². The molecule has 2 rings (SSSR count). The zero-order valence-corrected chi connectivity index (χ0v) is 10.3. The molecule has 2 atom stereocenters. The van der Waals surface area contributed by atoms with Gasteiger partial charge in [0.1, 0.15) is 12.1 Å². The molecular weight excluding hydrogens is 202 g/mol. The molecule has 2 fully saturated rings. The van der Waals surface area contributed by atoms with Gasteiger partial charge in [0.15, 0.2) is 0 Å². The van der Waals surface area contributed by atoms with E-state index in [2.05, 4.69) is 6.92 Å². The van der Waals surface area contributed by atoms with Crippen LogP contribution in [0, 0.1) is 17.8 Å². The standard InChI is InChI=1S/C13H23NO2/c1-3-8(2)11(14)13(15)16-12(9-4-5-9)10-6-7-10/h8-12H,3-7,14H2,1-2H3/t8-,11-/m0/s1. The van der Waals surface area contributed by atoms with Gasteiger partial charge >= 0.3 is 5.97 Å². The zero-order chi connectivity index (χ0) is 11.7. The van der Waals surface area contributed by atoms with E-state index < -0.39 is 6.04 Å². The van der Waals surface area contributed by atoms with Gasteiger partial charge in [0.05, 0.1) is 0 Å². The van der Waals surface area contributed by atoms with Crippen LogP contribution in [0.15, 0.2) is 0 Å². The van der Waals surface area contributed by atoms with Crippen LogP contribution < -0.4 is 5.73 Å². The lowest BCUT2D eigenvalue weighted by molar-refractivity contribution is -0.154. The van der Waals surface area contributed by atoms with Gasteiger partial charge in [-0.25, -0.2) is 0 Å². The lowest BCUT2D eigenvalue weighted by Gasteiger charge is -2.22. The van der Waals surface area contributed by atoms with E-state index in [1.54, 1.807) is 0 Å². The highest BCUT2D eigenvalue weighted by Crippen LogP contribution is 2.46. The van der Waals surface area contributed by atoms with Crippen molar-refractivity contribution in [1.82, 2.24) is 0 Å². The van der Waals surface area contributed by atoms with Gasteiger partial charge in [-0.1, -0.05) is 20.3 Å². The predicted octanol–water partition coefficient (Wildman–Crippen LogP) is 2.09. The van der Waals surface area contributed by atoms with Crippen LogP contribution in [-0.2, 0) is 9.53 Å². The minimum atomic E-state index is -0.440. The third-order valence-electron chi connectivity index (χ3n) is 3.95. The van der Waals surface area contributed by atoms with E-state index in [0.717, 1.165) is 6.42 Å². The first kappa shape index (κ1) is 11.9. The fraction of sp³-hybridized carbons (Fsp3) is 0.923. The zero-order valence-electron chi connectivity index (χ0n) is 10.3. The van der Waals surface area contributed by atoms with Crippen molar-refractivity contribution in [1.29, 1.82) is 0 Å². The van der Waals surface area contributed by atoms with E-state index >= 15 is 0 Å². The lowest BCUT2D eigenvalue weighted by atomic mass is 10.00. The highest BCUT2D eigenvalue weighted by atomic mass is 16.5. The highest BCUT2D eigenvalue weighted by molar-refractivity contribution is 5.76. The second-order valence-electron chi connectivity index (χ2n) is 5.49. The van der Waals surface area contributed by atoms with Crippen LogP contribution >= 0.6 is 0 Å². The van der Waals surface area contributed by atoms with E-state index in [9.17, 15) is 4.79 Å². The molecule has 2 saturated carbocycles. The summed E-state index contributed by atoms with van der Waals surface area (Å²) in [6, 6.07) is -0.440. The van der Waals surface area contributed by atoms with Crippen LogP contribution in [0.25, 0.3) is 0 Å². The molecule has 3 nitrogen and oxygen atoms in total. The number of nitrogens with two attached hydrogens (primary N) is 1. The minimum Gasteiger partial charge on any atom is -0.461 e. The summed E-state index contributed by atoms with van der Waals surface area (Å²) in [6.07, 6.45) is 6.02. The van der Waals surface area contributed by atoms with E-state index in [1.165, 1.54) is 25.7 Å². The molecule has 0 aliphatic heterocycles. The average Bonchev–Trinajstić information content (AvgIpc) is 3.15. The molecule has 0 aromatic heterocycles. The lowest BCUT2D eigenvalue weighted by Crippen LogP contribution is -2.40. The normalized spacial score (nSPS) is 24.2. The van der Waals surface area contributed by atoms with E-state index in [1.807, 2.05) is 6.92 Å². The van der Waals surface area contributed by atoms with Crippen molar-refractivity contribution in [2.24, 2.45) is 23.5 Å². The largest absolute Gasteiger partial charge is 0.461 e. The number of carbonyl (C=O) groups excluding carboxylic acids is 1. The number of hydrogen-bond acceptors (Lipinski definition) is 3. The van der Waals surface area contributed by atoms with Crippen LogP contribution in [0.3, 0.4) is 0 Å². The molecule has 92 valence electrons. The summed E-state index contributed by atoms with van der Waals surface area (Å²) in [5, 5.41) is 0. The van der Waals surface area contributed by atoms with Gasteiger partial charge in [-0.15, -0.1) is 0 Å². The molecule has 0 amide bonds. The molecule has 2 N–H and O–H groups in total. The Kier molecular flexibility index (Phi) is 3.53. The van der Waals surface area contributed by atoms with Crippen molar-refractivity contribution < 1.29 is 9.53 Å². The summed E-state index contributed by atoms with van der Waals surface area (Å²) in [6.45, 7) is 4.06. The summed E-state index contributed by atoms with van der Waals surface area (Å²) in [5.41, 5.74) is 5.89. The van der Waals surface area contributed by atoms with Crippen LogP contribution in [0.2, 0.25) is 0 Å². The Morgan fingerprint density at radius 3 is 2.19 bits per heavy atom. The number of rotatable bonds is 6. The number of hydrogen-bond donors (Lipinski definition) is 1. The van der Waals surface area contributed by atoms with Gasteiger partial charge in [0.2, 0.25) is 0 Å². The van der Waals surface area contributed by atoms with Crippen molar-refractivity contribution >= 4 is 5.97 Å². The molecule has 0 unspecified atom stereocenters. The molecule has 0 aromatic rings. The second kappa shape index (κ2) is 4.74. The van der Waals surface area contributed by atoms with E-state index in [4.69, 9.17) is 10.5 Å². The summed E-state index contributed by atoms with van der Waals surface area (Å²) in [4.78, 5) is 11.9. The van der Waals surface area contributed by atoms with Gasteiger partial charge in [0.25, 0.3) is 0 Å². The molecule has 2 aliphatic rings. The van der Waals surface area contributed by atoms with E-state index in [-0.39, 0.29) is 18.0 Å². The van der Waals surface area contributed by atoms with Gasteiger partial charge in [-0.2, -0.15) is 0 Å². The van der Waals surface area contributed by atoms with Crippen molar-refractivity contribution in [3.8, 4) is 0 Å². The maximum Gasteiger partial charge on any atom is 0.323 e. The van der Waals surface area contributed by atoms with Gasteiger partial charge < -0.3 is 10.5 Å². The molecule has 0 aromatic carbocycles. The Morgan fingerprint density at radius 2 is 1.81 bits per heavy atom. The molecular formula is C13H23NO2. The summed E-state index contributed by atoms with van der Waals surface area (Å²) in [7, 11) is 0. The van der Waals surface area contributed by atoms with Crippen LogP contribution in [-0.4, -0.2) is 18.1 Å². The maximum absolute atomic E-state index is 11.9. The summed E-state index contributed by atoms with van der Waals surface area (Å²) < 4.78 is 5.62. The molecule has 3 heteroatoms. The molecule has 0 radical (unpaired) electrons. The molecule has 0 heterocycles. The van der Waals surface area contributed by atoms with Gasteiger partial charge in [-0.3, -0.25) is 4.79 Å². The average molecular weight is 225 g/mol. The fourth-order valence-electron chi connectivity index (χ4n) is 2.13. The Morgan fingerprint density at radius 1 is 1.31 bits per heavy atom. The van der Waals surface area contributed by atoms with Crippen molar-refractivity contribution in [3.05, 3.63) is 0 Å². The number of esters is 1.